The van der Waals surface area contributed by atoms with Crippen LogP contribution in [-0.2, 0) is 11.3 Å². The fraction of sp³-hybridized carbons (Fsp3) is 0.333. The lowest BCUT2D eigenvalue weighted by Crippen LogP contribution is -2.25. The molecule has 0 aliphatic carbocycles. The summed E-state index contributed by atoms with van der Waals surface area (Å²) in [4.78, 5) is 25.8. The third-order valence-electron chi connectivity index (χ3n) is 5.47. The molecule has 0 aliphatic heterocycles. The Morgan fingerprint density at radius 2 is 1.62 bits per heavy atom. The first-order valence-corrected chi connectivity index (χ1v) is 15.7. The molecule has 2 N–H and O–H groups in total. The molecule has 4 aromatic rings. The number of carbonyl (C=O) groups excluding carboxylic acids is 2. The van der Waals surface area contributed by atoms with Gasteiger partial charge in [0.25, 0.3) is 5.91 Å². The number of ether oxygens (including phenoxy) is 3. The minimum atomic E-state index is -0.355. The van der Waals surface area contributed by atoms with Gasteiger partial charge < -0.3 is 19.5 Å². The van der Waals surface area contributed by atoms with Crippen molar-refractivity contribution in [2.24, 2.45) is 0 Å². The zero-order valence-corrected chi connectivity index (χ0v) is 26.7. The van der Waals surface area contributed by atoms with E-state index in [2.05, 4.69) is 47.0 Å². The van der Waals surface area contributed by atoms with Crippen LogP contribution >= 0.6 is 39.0 Å². The van der Waals surface area contributed by atoms with Gasteiger partial charge in [-0.3, -0.25) is 19.5 Å². The highest BCUT2D eigenvalue weighted by Gasteiger charge is 2.21. The Bertz CT molecular complexity index is 1500. The molecule has 0 saturated carbocycles. The molecule has 0 spiro atoms. The van der Waals surface area contributed by atoms with Crippen LogP contribution in [0.4, 0.5) is 5.13 Å². The van der Waals surface area contributed by atoms with E-state index in [0.717, 1.165) is 15.2 Å². The van der Waals surface area contributed by atoms with E-state index < -0.39 is 0 Å². The number of hydrogen-bond donors (Lipinski definition) is 2. The van der Waals surface area contributed by atoms with Crippen LogP contribution < -0.4 is 24.8 Å². The predicted octanol–water partition coefficient (Wildman–Crippen LogP) is 5.05. The minimum absolute atomic E-state index is 0.0693. The SMILES string of the molecule is CCOc1cc(C(=O)NCc2nnc(SCC(=O)Nc3nnc(C)s3)n2-c2ccc(Br)cc2)cc(OCC)c1OCC. The molecule has 0 atom stereocenters. The third-order valence-corrected chi connectivity index (χ3v) is 7.68. The summed E-state index contributed by atoms with van der Waals surface area (Å²) < 4.78 is 19.9. The minimum Gasteiger partial charge on any atom is -0.490 e. The third kappa shape index (κ3) is 7.98. The van der Waals surface area contributed by atoms with E-state index in [1.807, 2.05) is 52.0 Å². The number of hydrogen-bond acceptors (Lipinski definition) is 11. The fourth-order valence-electron chi connectivity index (χ4n) is 3.77. The van der Waals surface area contributed by atoms with Crippen molar-refractivity contribution in [1.29, 1.82) is 0 Å². The molecular weight excluding hydrogens is 646 g/mol. The molecule has 2 amide bonds. The summed E-state index contributed by atoms with van der Waals surface area (Å²) in [5.41, 5.74) is 1.12. The highest BCUT2D eigenvalue weighted by molar-refractivity contribution is 9.10. The van der Waals surface area contributed by atoms with Gasteiger partial charge in [-0.2, -0.15) is 0 Å². The van der Waals surface area contributed by atoms with Gasteiger partial charge in [0.05, 0.1) is 32.1 Å². The van der Waals surface area contributed by atoms with Gasteiger partial charge in [0, 0.05) is 15.7 Å². The van der Waals surface area contributed by atoms with Gasteiger partial charge in [0.15, 0.2) is 22.5 Å². The average molecular weight is 677 g/mol. The molecule has 0 fully saturated rings. The van der Waals surface area contributed by atoms with E-state index in [-0.39, 0.29) is 24.1 Å². The van der Waals surface area contributed by atoms with E-state index in [1.54, 1.807) is 16.7 Å². The van der Waals surface area contributed by atoms with Crippen molar-refractivity contribution >= 4 is 56.0 Å². The number of rotatable bonds is 14. The summed E-state index contributed by atoms with van der Waals surface area (Å²) in [6.07, 6.45) is 0. The molecule has 12 nitrogen and oxygen atoms in total. The first kappa shape index (κ1) is 31.3. The number of amides is 2. The van der Waals surface area contributed by atoms with Crippen LogP contribution in [0.25, 0.3) is 5.69 Å². The van der Waals surface area contributed by atoms with Gasteiger partial charge in [-0.1, -0.05) is 39.0 Å². The summed E-state index contributed by atoms with van der Waals surface area (Å²) in [6.45, 7) is 8.67. The van der Waals surface area contributed by atoms with Crippen LogP contribution in [0.15, 0.2) is 46.0 Å². The molecule has 2 heterocycles. The Labute approximate surface area is 259 Å². The van der Waals surface area contributed by atoms with E-state index in [1.165, 1.54) is 23.1 Å². The lowest BCUT2D eigenvalue weighted by Gasteiger charge is -2.17. The van der Waals surface area contributed by atoms with Gasteiger partial charge in [0.2, 0.25) is 16.8 Å². The Balaban J connectivity index is 1.54. The summed E-state index contributed by atoms with van der Waals surface area (Å²) >= 11 is 5.97. The van der Waals surface area contributed by atoms with Crippen LogP contribution in [0.5, 0.6) is 17.2 Å². The van der Waals surface area contributed by atoms with E-state index in [9.17, 15) is 9.59 Å². The number of halogens is 1. The smallest absolute Gasteiger partial charge is 0.251 e. The first-order chi connectivity index (χ1) is 20.3. The normalized spacial score (nSPS) is 10.8. The number of thioether (sulfide) groups is 1. The van der Waals surface area contributed by atoms with Crippen LogP contribution in [0.2, 0.25) is 0 Å². The number of carbonyl (C=O) groups is 2. The molecule has 15 heteroatoms. The standard InChI is InChI=1S/C27H30BrN7O5S2/c1-5-38-20-12-17(13-21(39-6-2)24(20)40-7-3)25(37)29-14-22-32-34-27(35(22)19-10-8-18(28)9-11-19)41-15-23(36)30-26-33-31-16(4)42-26/h8-13H,5-7,14-15H2,1-4H3,(H,29,37)(H,30,33,36). The van der Waals surface area contributed by atoms with Gasteiger partial charge in [0.1, 0.15) is 5.01 Å². The van der Waals surface area contributed by atoms with Crippen molar-refractivity contribution in [3.63, 3.8) is 0 Å². The summed E-state index contributed by atoms with van der Waals surface area (Å²) in [6, 6.07) is 10.8. The van der Waals surface area contributed by atoms with Crippen molar-refractivity contribution in [3.05, 3.63) is 57.3 Å². The Hall–Kier alpha value is -3.69. The first-order valence-electron chi connectivity index (χ1n) is 13.1. The Morgan fingerprint density at radius 1 is 0.952 bits per heavy atom. The Morgan fingerprint density at radius 3 is 2.21 bits per heavy atom. The second-order valence-electron chi connectivity index (χ2n) is 8.46. The number of nitrogens with zero attached hydrogens (tertiary/aromatic N) is 5. The molecule has 4 rings (SSSR count). The number of nitrogens with one attached hydrogen (secondary N) is 2. The molecular formula is C27H30BrN7O5S2. The quantitative estimate of drug-likeness (QED) is 0.174. The maximum Gasteiger partial charge on any atom is 0.251 e. The van der Waals surface area contributed by atoms with Crippen molar-refractivity contribution in [2.75, 3.05) is 30.9 Å². The highest BCUT2D eigenvalue weighted by Crippen LogP contribution is 2.39. The monoisotopic (exact) mass is 675 g/mol. The maximum absolute atomic E-state index is 13.3. The zero-order valence-electron chi connectivity index (χ0n) is 23.5. The van der Waals surface area contributed by atoms with Crippen LogP contribution in [0, 0.1) is 6.92 Å². The molecule has 42 heavy (non-hydrogen) atoms. The molecule has 0 bridgehead atoms. The van der Waals surface area contributed by atoms with E-state index in [0.29, 0.717) is 58.7 Å². The maximum atomic E-state index is 13.3. The zero-order chi connectivity index (χ0) is 30.1. The summed E-state index contributed by atoms with van der Waals surface area (Å²) in [5, 5.41) is 23.8. The van der Waals surface area contributed by atoms with E-state index >= 15 is 0 Å². The average Bonchev–Trinajstić information content (AvgIpc) is 3.58. The topological polar surface area (TPSA) is 142 Å². The molecule has 0 unspecified atom stereocenters. The van der Waals surface area contributed by atoms with Gasteiger partial charge >= 0.3 is 0 Å². The number of benzene rings is 2. The lowest BCUT2D eigenvalue weighted by molar-refractivity contribution is -0.113. The lowest BCUT2D eigenvalue weighted by atomic mass is 10.1. The van der Waals surface area contributed by atoms with Crippen molar-refractivity contribution in [3.8, 4) is 22.9 Å². The molecule has 0 aliphatic rings. The molecule has 0 radical (unpaired) electrons. The second-order valence-corrected chi connectivity index (χ2v) is 11.5. The predicted molar refractivity (Wildman–Crippen MR) is 164 cm³/mol. The number of aromatic nitrogens is 5. The van der Waals surface area contributed by atoms with Crippen LogP contribution in [-0.4, -0.2) is 62.3 Å². The number of aryl methyl sites for hydroxylation is 1. The number of anilines is 1. The molecule has 2 aromatic carbocycles. The molecule has 222 valence electrons. The molecule has 0 saturated heterocycles. The Kier molecular flexibility index (Phi) is 11.1. The fourth-order valence-corrected chi connectivity index (χ4v) is 5.41. The highest BCUT2D eigenvalue weighted by atomic mass is 79.9. The van der Waals surface area contributed by atoms with E-state index in [4.69, 9.17) is 14.2 Å². The summed E-state index contributed by atoms with van der Waals surface area (Å²) in [7, 11) is 0. The molecule has 2 aromatic heterocycles. The van der Waals surface area contributed by atoms with Crippen molar-refractivity contribution in [1.82, 2.24) is 30.3 Å². The van der Waals surface area contributed by atoms with Crippen LogP contribution in [0.3, 0.4) is 0 Å². The van der Waals surface area contributed by atoms with Gasteiger partial charge in [-0.15, -0.1) is 20.4 Å². The van der Waals surface area contributed by atoms with Crippen molar-refractivity contribution in [2.45, 2.75) is 39.4 Å². The van der Waals surface area contributed by atoms with Gasteiger partial charge in [-0.05, 0) is 64.1 Å². The van der Waals surface area contributed by atoms with Crippen molar-refractivity contribution < 1.29 is 23.8 Å². The largest absolute Gasteiger partial charge is 0.490 e. The van der Waals surface area contributed by atoms with Gasteiger partial charge in [-0.25, -0.2) is 0 Å². The summed E-state index contributed by atoms with van der Waals surface area (Å²) in [5.74, 6) is 1.26. The van der Waals surface area contributed by atoms with Crippen LogP contribution in [0.1, 0.15) is 42.0 Å². The second kappa shape index (κ2) is 15.0.